The lowest BCUT2D eigenvalue weighted by atomic mass is 10.1. The first-order chi connectivity index (χ1) is 13.5. The van der Waals surface area contributed by atoms with Gasteiger partial charge in [0.15, 0.2) is 0 Å². The number of nitrogens with zero attached hydrogens (tertiary/aromatic N) is 2. The van der Waals surface area contributed by atoms with Crippen LogP contribution in [0.25, 0.3) is 38.9 Å². The Bertz CT molecular complexity index is 1300. The van der Waals surface area contributed by atoms with Crippen LogP contribution in [0.4, 0.5) is 13.2 Å². The van der Waals surface area contributed by atoms with E-state index in [1.807, 2.05) is 66.9 Å². The highest BCUT2D eigenvalue weighted by Crippen LogP contribution is 2.34. The summed E-state index contributed by atoms with van der Waals surface area (Å²) in [6.45, 7) is 0. The van der Waals surface area contributed by atoms with Gasteiger partial charge < -0.3 is 4.98 Å². The van der Waals surface area contributed by atoms with Gasteiger partial charge in [-0.25, -0.2) is 4.98 Å². The third kappa shape index (κ3) is 2.65. The Balaban J connectivity index is 1.84. The van der Waals surface area contributed by atoms with Crippen LogP contribution in [-0.4, -0.2) is 14.5 Å². The van der Waals surface area contributed by atoms with Gasteiger partial charge in [-0.3, -0.25) is 4.57 Å². The van der Waals surface area contributed by atoms with E-state index < -0.39 is 11.9 Å². The Kier molecular flexibility index (Phi) is 3.55. The molecule has 0 saturated carbocycles. The van der Waals surface area contributed by atoms with Crippen molar-refractivity contribution in [1.29, 1.82) is 0 Å². The zero-order valence-corrected chi connectivity index (χ0v) is 14.5. The molecule has 0 bridgehead atoms. The standard InChI is InChI=1S/C22H14F3N3/c23-22(24,25)20-9-6-16-13-19(14-4-2-1-3-5-14)28(21(16)27-20)17-7-8-18-15(12-17)10-11-26-18/h1-13,26H. The van der Waals surface area contributed by atoms with Crippen molar-refractivity contribution in [3.63, 3.8) is 0 Å². The number of aromatic amines is 1. The number of pyridine rings is 1. The third-order valence-electron chi connectivity index (χ3n) is 4.81. The van der Waals surface area contributed by atoms with Crippen LogP contribution in [0.5, 0.6) is 0 Å². The molecule has 0 aliphatic heterocycles. The molecule has 0 saturated heterocycles. The minimum Gasteiger partial charge on any atom is -0.361 e. The second-order valence-corrected chi connectivity index (χ2v) is 6.59. The highest BCUT2D eigenvalue weighted by molar-refractivity contribution is 5.89. The Hall–Kier alpha value is -3.54. The number of aromatic nitrogens is 3. The topological polar surface area (TPSA) is 33.6 Å². The number of fused-ring (bicyclic) bond motifs is 2. The molecule has 5 aromatic rings. The monoisotopic (exact) mass is 377 g/mol. The molecule has 2 aromatic carbocycles. The van der Waals surface area contributed by atoms with E-state index in [0.29, 0.717) is 5.39 Å². The van der Waals surface area contributed by atoms with Crippen molar-refractivity contribution in [3.05, 3.63) is 84.7 Å². The summed E-state index contributed by atoms with van der Waals surface area (Å²) in [5, 5.41) is 1.63. The molecular weight excluding hydrogens is 363 g/mol. The van der Waals surface area contributed by atoms with Gasteiger partial charge in [-0.15, -0.1) is 0 Å². The second-order valence-electron chi connectivity index (χ2n) is 6.59. The Morgan fingerprint density at radius 3 is 2.43 bits per heavy atom. The van der Waals surface area contributed by atoms with Crippen LogP contribution in [-0.2, 0) is 6.18 Å². The molecule has 0 aliphatic carbocycles. The minimum atomic E-state index is -4.50. The molecule has 0 unspecified atom stereocenters. The molecule has 1 N–H and O–H groups in total. The summed E-state index contributed by atoms with van der Waals surface area (Å²) in [5.74, 6) is 0. The van der Waals surface area contributed by atoms with Crippen LogP contribution in [0.3, 0.4) is 0 Å². The lowest BCUT2D eigenvalue weighted by Crippen LogP contribution is -2.08. The predicted molar refractivity (Wildman–Crippen MR) is 103 cm³/mol. The number of nitrogens with one attached hydrogen (secondary N) is 1. The molecule has 0 amide bonds. The molecular formula is C22H14F3N3. The zero-order valence-electron chi connectivity index (χ0n) is 14.5. The second kappa shape index (κ2) is 5.99. The largest absolute Gasteiger partial charge is 0.433 e. The third-order valence-corrected chi connectivity index (χ3v) is 4.81. The normalized spacial score (nSPS) is 12.1. The summed E-state index contributed by atoms with van der Waals surface area (Å²) in [7, 11) is 0. The van der Waals surface area contributed by atoms with Crippen molar-refractivity contribution in [2.24, 2.45) is 0 Å². The van der Waals surface area contributed by atoms with Crippen LogP contribution in [0, 0.1) is 0 Å². The maximum absolute atomic E-state index is 13.3. The summed E-state index contributed by atoms with van der Waals surface area (Å²) < 4.78 is 41.6. The van der Waals surface area contributed by atoms with Gasteiger partial charge >= 0.3 is 6.18 Å². The van der Waals surface area contributed by atoms with Gasteiger partial charge in [0.25, 0.3) is 0 Å². The number of hydrogen-bond acceptors (Lipinski definition) is 1. The molecule has 3 nitrogen and oxygen atoms in total. The number of H-pyrrole nitrogens is 1. The molecule has 0 radical (unpaired) electrons. The van der Waals surface area contributed by atoms with E-state index in [0.717, 1.165) is 33.9 Å². The lowest BCUT2D eigenvalue weighted by molar-refractivity contribution is -0.141. The molecule has 3 aromatic heterocycles. The van der Waals surface area contributed by atoms with Crippen LogP contribution in [0.15, 0.2) is 79.0 Å². The van der Waals surface area contributed by atoms with Gasteiger partial charge in [-0.05, 0) is 48.0 Å². The first-order valence-electron chi connectivity index (χ1n) is 8.73. The maximum atomic E-state index is 13.3. The molecule has 6 heteroatoms. The maximum Gasteiger partial charge on any atom is 0.433 e. The van der Waals surface area contributed by atoms with Crippen molar-refractivity contribution in [2.45, 2.75) is 6.18 Å². The quantitative estimate of drug-likeness (QED) is 0.391. The van der Waals surface area contributed by atoms with Crippen LogP contribution < -0.4 is 0 Å². The summed E-state index contributed by atoms with van der Waals surface area (Å²) in [6, 6.07) is 21.6. The number of rotatable bonds is 2. The Morgan fingerprint density at radius 1 is 0.821 bits per heavy atom. The summed E-state index contributed by atoms with van der Waals surface area (Å²) in [6.07, 6.45) is -2.67. The molecule has 0 aliphatic rings. The average molecular weight is 377 g/mol. The number of alkyl halides is 3. The highest BCUT2D eigenvalue weighted by Gasteiger charge is 2.33. The molecule has 3 heterocycles. The number of benzene rings is 2. The molecule has 138 valence electrons. The van der Waals surface area contributed by atoms with Crippen molar-refractivity contribution < 1.29 is 13.2 Å². The smallest absolute Gasteiger partial charge is 0.361 e. The van der Waals surface area contributed by atoms with Crippen molar-refractivity contribution >= 4 is 21.9 Å². The van der Waals surface area contributed by atoms with Crippen LogP contribution >= 0.6 is 0 Å². The molecule has 0 spiro atoms. The van der Waals surface area contributed by atoms with E-state index >= 15 is 0 Å². The van der Waals surface area contributed by atoms with E-state index in [2.05, 4.69) is 9.97 Å². The molecule has 28 heavy (non-hydrogen) atoms. The van der Waals surface area contributed by atoms with E-state index in [9.17, 15) is 13.2 Å². The first-order valence-corrected chi connectivity index (χ1v) is 8.73. The van der Waals surface area contributed by atoms with Crippen LogP contribution in [0.1, 0.15) is 5.69 Å². The molecule has 0 atom stereocenters. The van der Waals surface area contributed by atoms with Crippen LogP contribution in [0.2, 0.25) is 0 Å². The van der Waals surface area contributed by atoms with E-state index in [1.54, 1.807) is 4.57 Å². The number of hydrogen-bond donors (Lipinski definition) is 1. The number of halogens is 3. The van der Waals surface area contributed by atoms with Crippen molar-refractivity contribution in [1.82, 2.24) is 14.5 Å². The zero-order chi connectivity index (χ0) is 19.3. The first kappa shape index (κ1) is 16.6. The van der Waals surface area contributed by atoms with E-state index in [-0.39, 0.29) is 5.65 Å². The summed E-state index contributed by atoms with van der Waals surface area (Å²) in [5.41, 5.74) is 2.80. The van der Waals surface area contributed by atoms with Gasteiger partial charge in [0.1, 0.15) is 11.3 Å². The fraction of sp³-hybridized carbons (Fsp3) is 0.0455. The fourth-order valence-corrected chi connectivity index (χ4v) is 3.50. The van der Waals surface area contributed by atoms with Gasteiger partial charge in [0, 0.05) is 28.2 Å². The fourth-order valence-electron chi connectivity index (χ4n) is 3.50. The summed E-state index contributed by atoms with van der Waals surface area (Å²) in [4.78, 5) is 7.10. The lowest BCUT2D eigenvalue weighted by Gasteiger charge is -2.12. The Labute approximate surface area is 158 Å². The predicted octanol–water partition coefficient (Wildman–Crippen LogP) is 6.19. The molecule has 5 rings (SSSR count). The van der Waals surface area contributed by atoms with Gasteiger partial charge in [0.2, 0.25) is 0 Å². The average Bonchev–Trinajstić information content (AvgIpc) is 3.31. The van der Waals surface area contributed by atoms with E-state index in [1.165, 1.54) is 6.07 Å². The minimum absolute atomic E-state index is 0.281. The van der Waals surface area contributed by atoms with E-state index in [4.69, 9.17) is 0 Å². The SMILES string of the molecule is FC(F)(F)c1ccc2cc(-c3ccccc3)n(-c3ccc4[nH]ccc4c3)c2n1. The molecule has 0 fully saturated rings. The van der Waals surface area contributed by atoms with Crippen molar-refractivity contribution in [3.8, 4) is 16.9 Å². The van der Waals surface area contributed by atoms with Gasteiger partial charge in [-0.1, -0.05) is 30.3 Å². The van der Waals surface area contributed by atoms with Crippen molar-refractivity contribution in [2.75, 3.05) is 0 Å². The van der Waals surface area contributed by atoms with Gasteiger partial charge in [0.05, 0.1) is 5.69 Å². The Morgan fingerprint density at radius 2 is 1.64 bits per heavy atom. The summed E-state index contributed by atoms with van der Waals surface area (Å²) >= 11 is 0. The van der Waals surface area contributed by atoms with Gasteiger partial charge in [-0.2, -0.15) is 13.2 Å². The highest BCUT2D eigenvalue weighted by atomic mass is 19.4.